The van der Waals surface area contributed by atoms with Crippen molar-refractivity contribution in [2.45, 2.75) is 25.3 Å². The van der Waals surface area contributed by atoms with Gasteiger partial charge < -0.3 is 18.6 Å². The summed E-state index contributed by atoms with van der Waals surface area (Å²) < 4.78 is 12.9. The number of hydrogen-bond acceptors (Lipinski definition) is 5. The van der Waals surface area contributed by atoms with Crippen molar-refractivity contribution in [2.75, 3.05) is 19.8 Å². The van der Waals surface area contributed by atoms with Gasteiger partial charge in [0, 0.05) is 26.6 Å². The Morgan fingerprint density at radius 1 is 1.29 bits per heavy atom. The Balaban J connectivity index is 1.45. The van der Waals surface area contributed by atoms with Crippen LogP contribution < -0.4 is 5.56 Å². The number of fused-ring (bicyclic) bond motifs is 2. The van der Waals surface area contributed by atoms with Crippen molar-refractivity contribution in [3.8, 4) is 0 Å². The van der Waals surface area contributed by atoms with E-state index >= 15 is 0 Å². The highest BCUT2D eigenvalue weighted by Crippen LogP contribution is 2.29. The van der Waals surface area contributed by atoms with Gasteiger partial charge in [0.2, 0.25) is 0 Å². The Kier molecular flexibility index (Phi) is 4.05. The van der Waals surface area contributed by atoms with Gasteiger partial charge in [-0.25, -0.2) is 4.98 Å². The third-order valence-electron chi connectivity index (χ3n) is 5.67. The molecule has 0 radical (unpaired) electrons. The van der Waals surface area contributed by atoms with Crippen molar-refractivity contribution in [3.05, 3.63) is 63.6 Å². The lowest BCUT2D eigenvalue weighted by atomic mass is 10.1. The van der Waals surface area contributed by atoms with Gasteiger partial charge in [-0.3, -0.25) is 9.59 Å². The van der Waals surface area contributed by atoms with E-state index in [1.807, 2.05) is 24.3 Å². The molecule has 0 bridgehead atoms. The van der Waals surface area contributed by atoms with Crippen LogP contribution in [0.3, 0.4) is 0 Å². The number of carbonyl (C=O) groups excluding carboxylic acids is 1. The van der Waals surface area contributed by atoms with E-state index in [0.717, 1.165) is 35.4 Å². The molecule has 0 saturated carbocycles. The van der Waals surface area contributed by atoms with E-state index in [0.29, 0.717) is 32.0 Å². The van der Waals surface area contributed by atoms with Crippen LogP contribution >= 0.6 is 0 Å². The van der Waals surface area contributed by atoms with Crippen molar-refractivity contribution in [2.24, 2.45) is 7.05 Å². The Morgan fingerprint density at radius 2 is 2.14 bits per heavy atom. The molecule has 28 heavy (non-hydrogen) atoms. The average molecular weight is 379 g/mol. The third kappa shape index (κ3) is 2.74. The molecule has 0 N–H and O–H groups in total. The fraction of sp³-hybridized carbons (Fsp3) is 0.381. The molecule has 1 amide bonds. The summed E-state index contributed by atoms with van der Waals surface area (Å²) in [5.41, 5.74) is 1.51. The summed E-state index contributed by atoms with van der Waals surface area (Å²) in [6.07, 6.45) is 1.52. The zero-order chi connectivity index (χ0) is 19.3. The first-order chi connectivity index (χ1) is 13.6. The molecule has 2 aliphatic rings. The smallest absolute Gasteiger partial charge is 0.263 e. The highest BCUT2D eigenvalue weighted by Gasteiger charge is 2.30. The molecule has 3 aromatic rings. The number of pyridine rings is 1. The van der Waals surface area contributed by atoms with Crippen LogP contribution in [0.4, 0.5) is 0 Å². The Morgan fingerprint density at radius 3 is 2.96 bits per heavy atom. The summed E-state index contributed by atoms with van der Waals surface area (Å²) in [5, 5.41) is 0.871. The van der Waals surface area contributed by atoms with Gasteiger partial charge in [-0.1, -0.05) is 18.2 Å². The number of carbonyl (C=O) groups is 1. The summed E-state index contributed by atoms with van der Waals surface area (Å²) in [6.45, 7) is 2.24. The van der Waals surface area contributed by atoms with Gasteiger partial charge in [0.1, 0.15) is 17.0 Å². The molecule has 0 spiro atoms. The van der Waals surface area contributed by atoms with E-state index < -0.39 is 0 Å². The fourth-order valence-electron chi connectivity index (χ4n) is 4.04. The maximum atomic E-state index is 13.1. The Hall–Kier alpha value is -2.93. The minimum absolute atomic E-state index is 0.192. The van der Waals surface area contributed by atoms with Crippen molar-refractivity contribution in [1.82, 2.24) is 14.5 Å². The number of rotatable bonds is 2. The standard InChI is InChI=1S/C21H21N3O4/c1-23-17-5-3-2-4-13(17)10-15(20(23)25)21(26)24-8-6-18-16(11-24)22-19(28-18)14-7-9-27-12-14/h2-5,10,14H,6-9,11-12H2,1H3. The van der Waals surface area contributed by atoms with Crippen molar-refractivity contribution in [1.29, 1.82) is 0 Å². The number of oxazole rings is 1. The van der Waals surface area contributed by atoms with E-state index in [-0.39, 0.29) is 22.9 Å². The van der Waals surface area contributed by atoms with Crippen LogP contribution in [-0.2, 0) is 24.8 Å². The number of aromatic nitrogens is 2. The van der Waals surface area contributed by atoms with Crippen LogP contribution in [0.5, 0.6) is 0 Å². The Bertz CT molecular complexity index is 1120. The SMILES string of the molecule is Cn1c(=O)c(C(=O)N2CCc3oc(C4CCOC4)nc3C2)cc2ccccc21. The van der Waals surface area contributed by atoms with Crippen molar-refractivity contribution in [3.63, 3.8) is 0 Å². The first-order valence-corrected chi connectivity index (χ1v) is 9.56. The molecule has 1 aromatic carbocycles. The second-order valence-electron chi connectivity index (χ2n) is 7.44. The quantitative estimate of drug-likeness (QED) is 0.682. The molecule has 1 atom stereocenters. The summed E-state index contributed by atoms with van der Waals surface area (Å²) in [7, 11) is 1.70. The molecule has 0 aliphatic carbocycles. The minimum Gasteiger partial charge on any atom is -0.445 e. The zero-order valence-corrected chi connectivity index (χ0v) is 15.7. The lowest BCUT2D eigenvalue weighted by Crippen LogP contribution is -2.39. The van der Waals surface area contributed by atoms with Crippen molar-refractivity contribution >= 4 is 16.8 Å². The predicted octanol–water partition coefficient (Wildman–Crippen LogP) is 2.23. The first kappa shape index (κ1) is 17.2. The molecule has 5 rings (SSSR count). The second kappa shape index (κ2) is 6.60. The molecule has 1 unspecified atom stereocenters. The van der Waals surface area contributed by atoms with E-state index in [2.05, 4.69) is 4.98 Å². The van der Waals surface area contributed by atoms with Gasteiger partial charge in [-0.15, -0.1) is 0 Å². The van der Waals surface area contributed by atoms with Gasteiger partial charge in [-0.2, -0.15) is 0 Å². The van der Waals surface area contributed by atoms with Crippen LogP contribution in [0, 0.1) is 0 Å². The number of hydrogen-bond donors (Lipinski definition) is 0. The second-order valence-corrected chi connectivity index (χ2v) is 7.44. The molecule has 4 heterocycles. The molecule has 7 heteroatoms. The highest BCUT2D eigenvalue weighted by molar-refractivity contribution is 5.97. The lowest BCUT2D eigenvalue weighted by molar-refractivity contribution is 0.0725. The maximum Gasteiger partial charge on any atom is 0.263 e. The lowest BCUT2D eigenvalue weighted by Gasteiger charge is -2.25. The zero-order valence-electron chi connectivity index (χ0n) is 15.7. The first-order valence-electron chi connectivity index (χ1n) is 9.56. The fourth-order valence-corrected chi connectivity index (χ4v) is 4.04. The molecule has 1 saturated heterocycles. The summed E-state index contributed by atoms with van der Waals surface area (Å²) in [5.74, 6) is 1.49. The number of amides is 1. The van der Waals surface area contributed by atoms with E-state index in [4.69, 9.17) is 9.15 Å². The van der Waals surface area contributed by atoms with Crippen LogP contribution in [-0.4, -0.2) is 40.1 Å². The maximum absolute atomic E-state index is 13.1. The van der Waals surface area contributed by atoms with Crippen LogP contribution in [0.25, 0.3) is 10.9 Å². The molecule has 2 aromatic heterocycles. The molecule has 1 fully saturated rings. The normalized spacial score (nSPS) is 19.2. The molecule has 7 nitrogen and oxygen atoms in total. The monoisotopic (exact) mass is 379 g/mol. The predicted molar refractivity (Wildman–Crippen MR) is 102 cm³/mol. The molecule has 2 aliphatic heterocycles. The average Bonchev–Trinajstić information content (AvgIpc) is 3.39. The Labute approximate surface area is 161 Å². The number of benzene rings is 1. The summed E-state index contributed by atoms with van der Waals surface area (Å²) in [4.78, 5) is 32.2. The number of aryl methyl sites for hydroxylation is 1. The van der Waals surface area contributed by atoms with Gasteiger partial charge in [-0.05, 0) is 23.9 Å². The number of nitrogens with zero attached hydrogens (tertiary/aromatic N) is 3. The van der Waals surface area contributed by atoms with Gasteiger partial charge >= 0.3 is 0 Å². The van der Waals surface area contributed by atoms with Crippen LogP contribution in [0.2, 0.25) is 0 Å². The van der Waals surface area contributed by atoms with E-state index in [9.17, 15) is 9.59 Å². The highest BCUT2D eigenvalue weighted by atomic mass is 16.5. The van der Waals surface area contributed by atoms with Crippen LogP contribution in [0.1, 0.15) is 40.0 Å². The summed E-state index contributed by atoms with van der Waals surface area (Å²) in [6, 6.07) is 9.26. The topological polar surface area (TPSA) is 77.6 Å². The van der Waals surface area contributed by atoms with E-state index in [1.54, 1.807) is 18.0 Å². The van der Waals surface area contributed by atoms with Gasteiger partial charge in [0.25, 0.3) is 11.5 Å². The molecule has 144 valence electrons. The van der Waals surface area contributed by atoms with E-state index in [1.165, 1.54) is 4.57 Å². The number of para-hydroxylation sites is 1. The van der Waals surface area contributed by atoms with Crippen LogP contribution in [0.15, 0.2) is 39.5 Å². The third-order valence-corrected chi connectivity index (χ3v) is 5.67. The molecular formula is C21H21N3O4. The van der Waals surface area contributed by atoms with Gasteiger partial charge in [0.15, 0.2) is 5.89 Å². The summed E-state index contributed by atoms with van der Waals surface area (Å²) >= 11 is 0. The van der Waals surface area contributed by atoms with Gasteiger partial charge in [0.05, 0.1) is 24.6 Å². The minimum atomic E-state index is -0.279. The largest absolute Gasteiger partial charge is 0.445 e. The van der Waals surface area contributed by atoms with Crippen molar-refractivity contribution < 1.29 is 13.9 Å². The number of ether oxygens (including phenoxy) is 1. The molecular weight excluding hydrogens is 358 g/mol.